The second-order valence-electron chi connectivity index (χ2n) is 3.35. The molecule has 1 aliphatic rings. The van der Waals surface area contributed by atoms with Gasteiger partial charge >= 0.3 is 0 Å². The first-order valence-corrected chi connectivity index (χ1v) is 5.67. The summed E-state index contributed by atoms with van der Waals surface area (Å²) >= 11 is 1.50. The minimum absolute atomic E-state index is 0.0119. The molecule has 0 amide bonds. The fraction of sp³-hybridized carbons (Fsp3) is 0.333. The molecule has 0 bridgehead atoms. The average Bonchev–Trinajstić information content (AvgIpc) is 2.35. The monoisotopic (exact) mass is 252 g/mol. The van der Waals surface area contributed by atoms with Crippen LogP contribution in [0.15, 0.2) is 28.2 Å². The summed E-state index contributed by atoms with van der Waals surface area (Å²) in [6.07, 6.45) is 0. The quantitative estimate of drug-likeness (QED) is 0.271. The highest BCUT2D eigenvalue weighted by Gasteiger charge is 2.22. The topological polar surface area (TPSA) is 101 Å². The SMILES string of the molecule is [N-]=[N+]=NCC1COc2cc([N+](=O)[O-])ccc2S1. The van der Waals surface area contributed by atoms with Gasteiger partial charge in [0, 0.05) is 22.8 Å². The van der Waals surface area contributed by atoms with Crippen molar-refractivity contribution in [1.82, 2.24) is 0 Å². The molecule has 0 N–H and O–H groups in total. The minimum Gasteiger partial charge on any atom is -0.491 e. The van der Waals surface area contributed by atoms with E-state index in [0.29, 0.717) is 18.9 Å². The fourth-order valence-electron chi connectivity index (χ4n) is 1.43. The van der Waals surface area contributed by atoms with Crippen LogP contribution in [0.1, 0.15) is 0 Å². The number of benzene rings is 1. The van der Waals surface area contributed by atoms with Crippen LogP contribution >= 0.6 is 11.8 Å². The Labute approximate surface area is 101 Å². The number of ether oxygens (including phenoxy) is 1. The number of hydrogen-bond donors (Lipinski definition) is 0. The second-order valence-corrected chi connectivity index (χ2v) is 4.69. The zero-order chi connectivity index (χ0) is 12.3. The highest BCUT2D eigenvalue weighted by Crippen LogP contribution is 2.39. The van der Waals surface area contributed by atoms with Crippen molar-refractivity contribution in [3.63, 3.8) is 0 Å². The highest BCUT2D eigenvalue weighted by atomic mass is 32.2. The largest absolute Gasteiger partial charge is 0.491 e. The lowest BCUT2D eigenvalue weighted by molar-refractivity contribution is -0.385. The number of nitrogens with zero attached hydrogens (tertiary/aromatic N) is 4. The van der Waals surface area contributed by atoms with E-state index in [0.717, 1.165) is 4.90 Å². The van der Waals surface area contributed by atoms with Gasteiger partial charge in [0.15, 0.2) is 0 Å². The van der Waals surface area contributed by atoms with Crippen molar-refractivity contribution in [2.24, 2.45) is 5.11 Å². The van der Waals surface area contributed by atoms with Gasteiger partial charge in [-0.25, -0.2) is 0 Å². The number of hydrogen-bond acceptors (Lipinski definition) is 5. The summed E-state index contributed by atoms with van der Waals surface area (Å²) in [5.74, 6) is 0.515. The zero-order valence-electron chi connectivity index (χ0n) is 8.65. The molecule has 7 nitrogen and oxygen atoms in total. The molecule has 8 heteroatoms. The number of nitro benzene ring substituents is 1. The maximum Gasteiger partial charge on any atom is 0.273 e. The van der Waals surface area contributed by atoms with Crippen LogP contribution in [0.2, 0.25) is 0 Å². The van der Waals surface area contributed by atoms with Crippen molar-refractivity contribution in [1.29, 1.82) is 0 Å². The van der Waals surface area contributed by atoms with Gasteiger partial charge in [-0.05, 0) is 11.6 Å². The summed E-state index contributed by atoms with van der Waals surface area (Å²) in [5.41, 5.74) is 8.23. The molecule has 0 aliphatic carbocycles. The van der Waals surface area contributed by atoms with E-state index in [9.17, 15) is 10.1 Å². The van der Waals surface area contributed by atoms with E-state index in [1.807, 2.05) is 0 Å². The Morgan fingerprint density at radius 1 is 1.71 bits per heavy atom. The molecule has 1 aromatic rings. The third-order valence-corrected chi connectivity index (χ3v) is 3.41. The first-order valence-electron chi connectivity index (χ1n) is 4.79. The van der Waals surface area contributed by atoms with Crippen LogP contribution in [0.5, 0.6) is 5.75 Å². The molecule has 17 heavy (non-hydrogen) atoms. The van der Waals surface area contributed by atoms with Crippen molar-refractivity contribution >= 4 is 17.4 Å². The third kappa shape index (κ3) is 2.61. The van der Waals surface area contributed by atoms with Gasteiger partial charge in [-0.1, -0.05) is 5.11 Å². The molecule has 1 atom stereocenters. The molecular formula is C9H8N4O3S. The smallest absolute Gasteiger partial charge is 0.273 e. The van der Waals surface area contributed by atoms with E-state index in [2.05, 4.69) is 10.0 Å². The zero-order valence-corrected chi connectivity index (χ0v) is 9.46. The predicted octanol–water partition coefficient (Wildman–Crippen LogP) is 2.76. The number of azide groups is 1. The first-order chi connectivity index (χ1) is 8.20. The molecule has 0 saturated carbocycles. The Kier molecular flexibility index (Phi) is 3.36. The van der Waals surface area contributed by atoms with Crippen molar-refractivity contribution in [3.05, 3.63) is 38.8 Å². The summed E-state index contributed by atoms with van der Waals surface area (Å²) in [4.78, 5) is 13.6. The average molecular weight is 252 g/mol. The number of nitro groups is 1. The van der Waals surface area contributed by atoms with Crippen LogP contribution in [0, 0.1) is 10.1 Å². The van der Waals surface area contributed by atoms with Gasteiger partial charge in [-0.3, -0.25) is 10.1 Å². The maximum absolute atomic E-state index is 10.6. The molecule has 0 aromatic heterocycles. The Balaban J connectivity index is 2.17. The molecule has 1 aliphatic heterocycles. The van der Waals surface area contributed by atoms with Gasteiger partial charge in [0.1, 0.15) is 12.4 Å². The van der Waals surface area contributed by atoms with Crippen molar-refractivity contribution in [2.45, 2.75) is 10.1 Å². The molecule has 1 aromatic carbocycles. The summed E-state index contributed by atoms with van der Waals surface area (Å²) in [6, 6.07) is 4.50. The number of rotatable bonds is 3. The summed E-state index contributed by atoms with van der Waals surface area (Å²) in [5, 5.41) is 14.1. The lowest BCUT2D eigenvalue weighted by Gasteiger charge is -2.23. The van der Waals surface area contributed by atoms with Crippen molar-refractivity contribution < 1.29 is 9.66 Å². The minimum atomic E-state index is -0.458. The van der Waals surface area contributed by atoms with Crippen molar-refractivity contribution in [3.8, 4) is 5.75 Å². The van der Waals surface area contributed by atoms with E-state index in [1.54, 1.807) is 6.07 Å². The van der Waals surface area contributed by atoms with E-state index in [1.165, 1.54) is 23.9 Å². The standard InChI is InChI=1S/C9H8N4O3S/c10-12-11-4-7-5-16-8-3-6(13(14)15)1-2-9(8)17-7/h1-3,7H,4-5H2. The summed E-state index contributed by atoms with van der Waals surface area (Å²) < 4.78 is 5.42. The third-order valence-electron chi connectivity index (χ3n) is 2.21. The summed E-state index contributed by atoms with van der Waals surface area (Å²) in [6.45, 7) is 0.732. The number of thioether (sulfide) groups is 1. The molecule has 1 heterocycles. The second kappa shape index (κ2) is 4.94. The highest BCUT2D eigenvalue weighted by molar-refractivity contribution is 8.00. The molecule has 2 rings (SSSR count). The molecule has 1 unspecified atom stereocenters. The Morgan fingerprint density at radius 2 is 2.53 bits per heavy atom. The Hall–Kier alpha value is -1.92. The van der Waals surface area contributed by atoms with Crippen LogP contribution in [-0.2, 0) is 0 Å². The normalized spacial score (nSPS) is 17.5. The van der Waals surface area contributed by atoms with E-state index in [4.69, 9.17) is 10.3 Å². The van der Waals surface area contributed by atoms with Crippen LogP contribution in [0.4, 0.5) is 5.69 Å². The number of fused-ring (bicyclic) bond motifs is 1. The van der Waals surface area contributed by atoms with Crippen molar-refractivity contribution in [2.75, 3.05) is 13.2 Å². The first kappa shape index (κ1) is 11.6. The fourth-order valence-corrected chi connectivity index (χ4v) is 2.45. The van der Waals surface area contributed by atoms with Crippen LogP contribution in [-0.4, -0.2) is 23.3 Å². The van der Waals surface area contributed by atoms with Gasteiger partial charge in [0.2, 0.25) is 0 Å². The van der Waals surface area contributed by atoms with Gasteiger partial charge in [-0.15, -0.1) is 11.8 Å². The van der Waals surface area contributed by atoms with E-state index in [-0.39, 0.29) is 10.9 Å². The van der Waals surface area contributed by atoms with Gasteiger partial charge in [0.25, 0.3) is 5.69 Å². The number of non-ortho nitro benzene ring substituents is 1. The molecule has 0 fully saturated rings. The predicted molar refractivity (Wildman–Crippen MR) is 62.2 cm³/mol. The van der Waals surface area contributed by atoms with Crippen LogP contribution in [0.25, 0.3) is 10.4 Å². The summed E-state index contributed by atoms with van der Waals surface area (Å²) in [7, 11) is 0. The Morgan fingerprint density at radius 3 is 3.24 bits per heavy atom. The Bertz CT molecular complexity index is 501. The maximum atomic E-state index is 10.6. The molecule has 0 radical (unpaired) electrons. The van der Waals surface area contributed by atoms with Gasteiger partial charge < -0.3 is 4.74 Å². The molecule has 0 spiro atoms. The van der Waals surface area contributed by atoms with Gasteiger partial charge in [-0.2, -0.15) is 0 Å². The van der Waals surface area contributed by atoms with Crippen LogP contribution < -0.4 is 4.74 Å². The van der Waals surface area contributed by atoms with E-state index < -0.39 is 4.92 Å². The molecule has 88 valence electrons. The van der Waals surface area contributed by atoms with Gasteiger partial charge in [0.05, 0.1) is 15.9 Å². The van der Waals surface area contributed by atoms with Crippen LogP contribution in [0.3, 0.4) is 0 Å². The van der Waals surface area contributed by atoms with E-state index >= 15 is 0 Å². The molecule has 0 saturated heterocycles. The lowest BCUT2D eigenvalue weighted by atomic mass is 10.3. The molecular weight excluding hydrogens is 244 g/mol. The lowest BCUT2D eigenvalue weighted by Crippen LogP contribution is -2.21.